The van der Waals surface area contributed by atoms with Gasteiger partial charge in [0.15, 0.2) is 6.21 Å². The summed E-state index contributed by atoms with van der Waals surface area (Å²) in [7, 11) is 0. The SMILES string of the molecule is NC1NC=CC=[N+]1N. The first-order valence-electron chi connectivity index (χ1n) is 2.35. The average molecular weight is 113 g/mol. The number of hydrazone groups is 1. The van der Waals surface area contributed by atoms with E-state index in [-0.39, 0.29) is 6.29 Å². The Kier molecular flexibility index (Phi) is 1.17. The third-order valence-electron chi connectivity index (χ3n) is 0.943. The topological polar surface area (TPSA) is 67.1 Å². The van der Waals surface area contributed by atoms with E-state index in [1.165, 1.54) is 4.68 Å². The Morgan fingerprint density at radius 1 is 1.62 bits per heavy atom. The minimum atomic E-state index is -0.278. The molecular formula is C4H9N4+. The van der Waals surface area contributed by atoms with Gasteiger partial charge in [0.1, 0.15) is 0 Å². The molecule has 0 bridgehead atoms. The molecule has 8 heavy (non-hydrogen) atoms. The third-order valence-corrected chi connectivity index (χ3v) is 0.943. The first-order valence-corrected chi connectivity index (χ1v) is 2.35. The number of allylic oxidation sites excluding steroid dienone is 1. The number of nitrogens with zero attached hydrogens (tertiary/aromatic N) is 1. The van der Waals surface area contributed by atoms with Crippen molar-refractivity contribution in [2.24, 2.45) is 11.6 Å². The normalized spacial score (nSPS) is 26.6. The number of nitrogens with two attached hydrogens (primary N) is 2. The van der Waals surface area contributed by atoms with Crippen molar-refractivity contribution in [1.29, 1.82) is 0 Å². The summed E-state index contributed by atoms with van der Waals surface area (Å²) in [6.07, 6.45) is 4.94. The number of nitrogens with one attached hydrogen (secondary N) is 1. The van der Waals surface area contributed by atoms with Crippen molar-refractivity contribution in [3.8, 4) is 0 Å². The van der Waals surface area contributed by atoms with Gasteiger partial charge in [0.25, 0.3) is 0 Å². The molecule has 1 atom stereocenters. The molecule has 4 nitrogen and oxygen atoms in total. The van der Waals surface area contributed by atoms with Gasteiger partial charge in [-0.3, -0.25) is 5.73 Å². The highest BCUT2D eigenvalue weighted by atomic mass is 15.4. The van der Waals surface area contributed by atoms with E-state index >= 15 is 0 Å². The molecule has 0 aliphatic carbocycles. The van der Waals surface area contributed by atoms with Crippen molar-refractivity contribution in [3.05, 3.63) is 12.3 Å². The van der Waals surface area contributed by atoms with Gasteiger partial charge in [-0.25, -0.2) is 5.84 Å². The van der Waals surface area contributed by atoms with Crippen molar-refractivity contribution in [1.82, 2.24) is 5.32 Å². The predicted octanol–water partition coefficient (Wildman–Crippen LogP) is -1.70. The maximum atomic E-state index is 5.39. The quantitative estimate of drug-likeness (QED) is 0.259. The molecule has 0 saturated carbocycles. The van der Waals surface area contributed by atoms with E-state index in [0.717, 1.165) is 0 Å². The van der Waals surface area contributed by atoms with Crippen LogP contribution in [0.15, 0.2) is 12.3 Å². The van der Waals surface area contributed by atoms with Gasteiger partial charge >= 0.3 is 6.29 Å². The molecule has 0 aromatic carbocycles. The maximum absolute atomic E-state index is 5.39. The van der Waals surface area contributed by atoms with Gasteiger partial charge in [-0.1, -0.05) is 4.68 Å². The van der Waals surface area contributed by atoms with Gasteiger partial charge < -0.3 is 5.32 Å². The van der Waals surface area contributed by atoms with Gasteiger partial charge in [0.2, 0.25) is 0 Å². The zero-order chi connectivity index (χ0) is 5.98. The molecule has 0 amide bonds. The molecule has 0 spiro atoms. The Morgan fingerprint density at radius 3 is 2.75 bits per heavy atom. The Morgan fingerprint density at radius 2 is 2.38 bits per heavy atom. The van der Waals surface area contributed by atoms with Crippen LogP contribution >= 0.6 is 0 Å². The molecule has 4 heteroatoms. The van der Waals surface area contributed by atoms with E-state index in [1.807, 2.05) is 0 Å². The Labute approximate surface area is 47.4 Å². The van der Waals surface area contributed by atoms with Crippen LogP contribution in [0.5, 0.6) is 0 Å². The monoisotopic (exact) mass is 113 g/mol. The first-order chi connectivity index (χ1) is 3.80. The van der Waals surface area contributed by atoms with Gasteiger partial charge in [-0.15, -0.1) is 0 Å². The molecule has 44 valence electrons. The van der Waals surface area contributed by atoms with Crippen molar-refractivity contribution in [3.63, 3.8) is 0 Å². The lowest BCUT2D eigenvalue weighted by molar-refractivity contribution is -0.578. The van der Waals surface area contributed by atoms with Crippen LogP contribution in [0.3, 0.4) is 0 Å². The lowest BCUT2D eigenvalue weighted by Gasteiger charge is -2.07. The molecule has 1 heterocycles. The summed E-state index contributed by atoms with van der Waals surface area (Å²) in [6.45, 7) is 0. The Hall–Kier alpha value is -1.03. The van der Waals surface area contributed by atoms with E-state index < -0.39 is 0 Å². The molecule has 0 fully saturated rings. The van der Waals surface area contributed by atoms with Crippen LogP contribution in [0.1, 0.15) is 0 Å². The van der Waals surface area contributed by atoms with E-state index in [4.69, 9.17) is 11.6 Å². The summed E-state index contributed by atoms with van der Waals surface area (Å²) < 4.78 is 1.39. The molecule has 0 aromatic rings. The molecule has 0 saturated heterocycles. The number of hydrazine groups is 1. The summed E-state index contributed by atoms with van der Waals surface area (Å²) in [5.74, 6) is 5.32. The second kappa shape index (κ2) is 1.83. The van der Waals surface area contributed by atoms with Crippen LogP contribution in [0, 0.1) is 0 Å². The van der Waals surface area contributed by atoms with E-state index in [1.54, 1.807) is 18.5 Å². The summed E-state index contributed by atoms with van der Waals surface area (Å²) in [5, 5.41) is 2.80. The predicted molar refractivity (Wildman–Crippen MR) is 30.8 cm³/mol. The average Bonchev–Trinajstić information content (AvgIpc) is 1.77. The van der Waals surface area contributed by atoms with Gasteiger partial charge in [0, 0.05) is 12.3 Å². The third kappa shape index (κ3) is 0.788. The zero-order valence-electron chi connectivity index (χ0n) is 4.41. The second-order valence-electron chi connectivity index (χ2n) is 1.57. The second-order valence-corrected chi connectivity index (χ2v) is 1.57. The molecule has 1 unspecified atom stereocenters. The molecule has 5 N–H and O–H groups in total. The van der Waals surface area contributed by atoms with Crippen molar-refractivity contribution in [2.75, 3.05) is 0 Å². The van der Waals surface area contributed by atoms with Crippen LogP contribution in [0.2, 0.25) is 0 Å². The summed E-state index contributed by atoms with van der Waals surface area (Å²) in [4.78, 5) is 0. The number of hydrogen-bond donors (Lipinski definition) is 3. The molecule has 1 aliphatic heterocycles. The standard InChI is InChI=1S/C4H8N4/c5-4-7-2-1-3-8(4)6/h1-4H,5-6H2/p+1. The summed E-state index contributed by atoms with van der Waals surface area (Å²) >= 11 is 0. The maximum Gasteiger partial charge on any atom is 0.310 e. The van der Waals surface area contributed by atoms with E-state index in [2.05, 4.69) is 5.32 Å². The minimum Gasteiger partial charge on any atom is -0.319 e. The Bertz CT molecular complexity index is 137. The molecule has 1 rings (SSSR count). The lowest BCUT2D eigenvalue weighted by atomic mass is 10.6. The van der Waals surface area contributed by atoms with Crippen LogP contribution in [0.25, 0.3) is 0 Å². The van der Waals surface area contributed by atoms with Gasteiger partial charge in [-0.2, -0.15) is 0 Å². The van der Waals surface area contributed by atoms with Crippen LogP contribution < -0.4 is 16.9 Å². The van der Waals surface area contributed by atoms with Crippen molar-refractivity contribution >= 4 is 6.21 Å². The first kappa shape index (κ1) is 5.11. The van der Waals surface area contributed by atoms with Crippen LogP contribution in [-0.4, -0.2) is 17.2 Å². The molecule has 0 radical (unpaired) electrons. The molecular weight excluding hydrogens is 104 g/mol. The fourth-order valence-electron chi connectivity index (χ4n) is 0.475. The lowest BCUT2D eigenvalue weighted by Crippen LogP contribution is -2.49. The largest absolute Gasteiger partial charge is 0.319 e. The summed E-state index contributed by atoms with van der Waals surface area (Å²) in [5.41, 5.74) is 5.39. The van der Waals surface area contributed by atoms with Gasteiger partial charge in [0.05, 0.1) is 0 Å². The number of hydrogen-bond acceptors (Lipinski definition) is 3. The highest BCUT2D eigenvalue weighted by molar-refractivity contribution is 5.66. The minimum absolute atomic E-state index is 0.278. The van der Waals surface area contributed by atoms with Crippen molar-refractivity contribution < 1.29 is 4.68 Å². The van der Waals surface area contributed by atoms with Crippen molar-refractivity contribution in [2.45, 2.75) is 6.29 Å². The fourth-order valence-corrected chi connectivity index (χ4v) is 0.475. The highest BCUT2D eigenvalue weighted by Crippen LogP contribution is 1.76. The smallest absolute Gasteiger partial charge is 0.310 e. The summed E-state index contributed by atoms with van der Waals surface area (Å²) in [6, 6.07) is 0. The fraction of sp³-hybridized carbons (Fsp3) is 0.250. The Balaban J connectivity index is 2.66. The number of rotatable bonds is 0. The zero-order valence-corrected chi connectivity index (χ0v) is 4.41. The van der Waals surface area contributed by atoms with E-state index in [0.29, 0.717) is 0 Å². The molecule has 1 aliphatic rings. The van der Waals surface area contributed by atoms with Gasteiger partial charge in [-0.05, 0) is 0 Å². The molecule has 0 aromatic heterocycles. The van der Waals surface area contributed by atoms with Crippen LogP contribution in [-0.2, 0) is 0 Å². The highest BCUT2D eigenvalue weighted by Gasteiger charge is 2.09. The van der Waals surface area contributed by atoms with E-state index in [9.17, 15) is 0 Å². The van der Waals surface area contributed by atoms with Crippen LogP contribution in [0.4, 0.5) is 0 Å².